The van der Waals surface area contributed by atoms with Gasteiger partial charge in [0, 0.05) is 0 Å². The molecule has 0 aliphatic rings. The predicted octanol–water partition coefficient (Wildman–Crippen LogP) is 2.67. The average molecular weight is 330 g/mol. The molecule has 7 heteroatoms. The van der Waals surface area contributed by atoms with Crippen LogP contribution in [-0.4, -0.2) is 19.5 Å². The van der Waals surface area contributed by atoms with Gasteiger partial charge in [-0.05, 0) is 55.3 Å². The lowest BCUT2D eigenvalue weighted by Crippen LogP contribution is -2.16. The fraction of sp³-hybridized carbons (Fsp3) is 0.125. The first-order chi connectivity index (χ1) is 10.7. The van der Waals surface area contributed by atoms with E-state index in [0.29, 0.717) is 16.7 Å². The molecule has 2 aromatic carbocycles. The molecule has 0 fully saturated rings. The summed E-state index contributed by atoms with van der Waals surface area (Å²) in [5.74, 6) is -1.20. The second-order valence-electron chi connectivity index (χ2n) is 5.02. The van der Waals surface area contributed by atoms with Crippen LogP contribution in [-0.2, 0) is 10.0 Å². The summed E-state index contributed by atoms with van der Waals surface area (Å²) in [7, 11) is -3.97. The van der Waals surface area contributed by atoms with E-state index in [1.165, 1.54) is 18.2 Å². The Labute approximate surface area is 134 Å². The highest BCUT2D eigenvalue weighted by Gasteiger charge is 2.21. The first kappa shape index (κ1) is 16.5. The molecule has 6 nitrogen and oxygen atoms in total. The van der Waals surface area contributed by atoms with Crippen molar-refractivity contribution in [2.75, 3.05) is 4.72 Å². The fourth-order valence-corrected chi connectivity index (χ4v) is 3.49. The van der Waals surface area contributed by atoms with Gasteiger partial charge in [0.2, 0.25) is 0 Å². The molecule has 0 aromatic heterocycles. The van der Waals surface area contributed by atoms with Crippen molar-refractivity contribution >= 4 is 21.7 Å². The maximum absolute atomic E-state index is 12.6. The smallest absolute Gasteiger partial charge is 0.335 e. The number of aryl methyl sites for hydroxylation is 1. The highest BCUT2D eigenvalue weighted by molar-refractivity contribution is 7.92. The van der Waals surface area contributed by atoms with Crippen molar-refractivity contribution in [2.45, 2.75) is 18.7 Å². The van der Waals surface area contributed by atoms with Gasteiger partial charge in [-0.3, -0.25) is 4.72 Å². The molecule has 0 unspecified atom stereocenters. The number of nitrogens with zero attached hydrogens (tertiary/aromatic N) is 1. The van der Waals surface area contributed by atoms with Crippen LogP contribution in [0.2, 0.25) is 0 Å². The second-order valence-corrected chi connectivity index (χ2v) is 6.67. The number of anilines is 1. The maximum Gasteiger partial charge on any atom is 0.335 e. The number of nitrogens with one attached hydrogen (secondary N) is 1. The topological polar surface area (TPSA) is 107 Å². The summed E-state index contributed by atoms with van der Waals surface area (Å²) in [5, 5.41) is 18.0. The zero-order valence-corrected chi connectivity index (χ0v) is 13.3. The van der Waals surface area contributed by atoms with Crippen LogP contribution in [0.3, 0.4) is 0 Å². The van der Waals surface area contributed by atoms with Crippen LogP contribution in [0.25, 0.3) is 0 Å². The van der Waals surface area contributed by atoms with Gasteiger partial charge >= 0.3 is 5.97 Å². The number of sulfonamides is 1. The molecule has 0 spiro atoms. The van der Waals surface area contributed by atoms with E-state index >= 15 is 0 Å². The number of hydrogen-bond acceptors (Lipinski definition) is 4. The van der Waals surface area contributed by atoms with Gasteiger partial charge < -0.3 is 5.11 Å². The summed E-state index contributed by atoms with van der Waals surface area (Å²) in [6.07, 6.45) is 0. The lowest BCUT2D eigenvalue weighted by molar-refractivity contribution is 0.0696. The van der Waals surface area contributed by atoms with Crippen molar-refractivity contribution in [1.82, 2.24) is 0 Å². The van der Waals surface area contributed by atoms with Crippen LogP contribution < -0.4 is 4.72 Å². The number of carboxylic acid groups (broad SMARTS) is 1. The van der Waals surface area contributed by atoms with Crippen LogP contribution >= 0.6 is 0 Å². The van der Waals surface area contributed by atoms with Gasteiger partial charge in [0.25, 0.3) is 10.0 Å². The van der Waals surface area contributed by atoms with E-state index in [2.05, 4.69) is 4.72 Å². The van der Waals surface area contributed by atoms with Crippen molar-refractivity contribution in [1.29, 1.82) is 5.26 Å². The number of hydrogen-bond donors (Lipinski definition) is 2. The number of nitriles is 1. The van der Waals surface area contributed by atoms with Gasteiger partial charge in [0.1, 0.15) is 0 Å². The number of aromatic carboxylic acids is 1. The Bertz CT molecular complexity index is 928. The minimum atomic E-state index is -3.97. The van der Waals surface area contributed by atoms with Crippen molar-refractivity contribution in [2.24, 2.45) is 0 Å². The third-order valence-corrected chi connectivity index (χ3v) is 4.91. The summed E-state index contributed by atoms with van der Waals surface area (Å²) in [6, 6.07) is 10.5. The molecule has 118 valence electrons. The van der Waals surface area contributed by atoms with Gasteiger partial charge in [-0.25, -0.2) is 13.2 Å². The van der Waals surface area contributed by atoms with Crippen LogP contribution in [0, 0.1) is 25.2 Å². The van der Waals surface area contributed by atoms with Crippen molar-refractivity contribution < 1.29 is 18.3 Å². The Morgan fingerprint density at radius 1 is 1.22 bits per heavy atom. The minimum absolute atomic E-state index is 0.0979. The number of carboxylic acids is 1. The van der Waals surface area contributed by atoms with Gasteiger partial charge in [-0.1, -0.05) is 6.07 Å². The third-order valence-electron chi connectivity index (χ3n) is 3.40. The van der Waals surface area contributed by atoms with Gasteiger partial charge in [-0.2, -0.15) is 5.26 Å². The molecule has 0 amide bonds. The van der Waals surface area contributed by atoms with E-state index in [1.807, 2.05) is 6.07 Å². The fourth-order valence-electron chi connectivity index (χ4n) is 2.09. The zero-order valence-electron chi connectivity index (χ0n) is 12.5. The Morgan fingerprint density at radius 3 is 2.52 bits per heavy atom. The molecule has 0 saturated carbocycles. The highest BCUT2D eigenvalue weighted by atomic mass is 32.2. The van der Waals surface area contributed by atoms with Crippen molar-refractivity contribution in [3.8, 4) is 6.07 Å². The van der Waals surface area contributed by atoms with Gasteiger partial charge in [0.15, 0.2) is 0 Å². The third kappa shape index (κ3) is 3.49. The molecular weight excluding hydrogens is 316 g/mol. The van der Waals surface area contributed by atoms with E-state index in [0.717, 1.165) is 6.07 Å². The first-order valence-electron chi connectivity index (χ1n) is 6.62. The molecule has 2 aromatic rings. The molecule has 0 bridgehead atoms. The SMILES string of the molecule is Cc1cc(C(=O)O)cc(S(=O)(=O)Nc2cccc(C#N)c2)c1C. The highest BCUT2D eigenvalue weighted by Crippen LogP contribution is 2.24. The standard InChI is InChI=1S/C16H14N2O4S/c1-10-6-13(16(19)20)8-15(11(10)2)23(21,22)18-14-5-3-4-12(7-14)9-17/h3-8,18H,1-2H3,(H,19,20). The predicted molar refractivity (Wildman–Crippen MR) is 84.8 cm³/mol. The first-order valence-corrected chi connectivity index (χ1v) is 8.10. The Kier molecular flexibility index (Phi) is 4.38. The lowest BCUT2D eigenvalue weighted by Gasteiger charge is -2.13. The molecule has 0 radical (unpaired) electrons. The van der Waals surface area contributed by atoms with E-state index < -0.39 is 16.0 Å². The van der Waals surface area contributed by atoms with Gasteiger partial charge in [0.05, 0.1) is 27.8 Å². The van der Waals surface area contributed by atoms with Crippen LogP contribution in [0.15, 0.2) is 41.3 Å². The number of benzene rings is 2. The van der Waals surface area contributed by atoms with E-state index in [1.54, 1.807) is 26.0 Å². The van der Waals surface area contributed by atoms with Crippen LogP contribution in [0.1, 0.15) is 27.0 Å². The van der Waals surface area contributed by atoms with Crippen molar-refractivity contribution in [3.63, 3.8) is 0 Å². The van der Waals surface area contributed by atoms with E-state index in [-0.39, 0.29) is 16.1 Å². The molecular formula is C16H14N2O4S. The molecule has 0 saturated heterocycles. The van der Waals surface area contributed by atoms with Crippen LogP contribution in [0.4, 0.5) is 5.69 Å². The Balaban J connectivity index is 2.51. The largest absolute Gasteiger partial charge is 0.478 e. The zero-order chi connectivity index (χ0) is 17.2. The van der Waals surface area contributed by atoms with E-state index in [4.69, 9.17) is 10.4 Å². The molecule has 23 heavy (non-hydrogen) atoms. The minimum Gasteiger partial charge on any atom is -0.478 e. The number of carbonyl (C=O) groups is 1. The lowest BCUT2D eigenvalue weighted by atomic mass is 10.1. The summed E-state index contributed by atoms with van der Waals surface area (Å²) in [4.78, 5) is 11.0. The summed E-state index contributed by atoms with van der Waals surface area (Å²) in [6.45, 7) is 3.26. The molecule has 2 rings (SSSR count). The molecule has 0 atom stereocenters. The summed E-state index contributed by atoms with van der Waals surface area (Å²) < 4.78 is 27.5. The molecule has 0 heterocycles. The molecule has 2 N–H and O–H groups in total. The van der Waals surface area contributed by atoms with E-state index in [9.17, 15) is 13.2 Å². The Hall–Kier alpha value is -2.85. The maximum atomic E-state index is 12.6. The normalized spacial score (nSPS) is 10.8. The van der Waals surface area contributed by atoms with Crippen molar-refractivity contribution in [3.05, 3.63) is 58.7 Å². The Morgan fingerprint density at radius 2 is 1.91 bits per heavy atom. The summed E-state index contributed by atoms with van der Waals surface area (Å²) >= 11 is 0. The second kappa shape index (κ2) is 6.10. The van der Waals surface area contributed by atoms with Crippen LogP contribution in [0.5, 0.6) is 0 Å². The quantitative estimate of drug-likeness (QED) is 0.896. The summed E-state index contributed by atoms with van der Waals surface area (Å²) in [5.41, 5.74) is 1.49. The monoisotopic (exact) mass is 330 g/mol. The van der Waals surface area contributed by atoms with Gasteiger partial charge in [-0.15, -0.1) is 0 Å². The molecule has 0 aliphatic heterocycles. The number of rotatable bonds is 4. The average Bonchev–Trinajstić information content (AvgIpc) is 2.49. The molecule has 0 aliphatic carbocycles.